The molecule has 1 aromatic carbocycles. The highest BCUT2D eigenvalue weighted by Gasteiger charge is 2.27. The minimum atomic E-state index is -0.536. The molecule has 9 heteroatoms. The first-order valence-electron chi connectivity index (χ1n) is 8.57. The Labute approximate surface area is 174 Å². The third kappa shape index (κ3) is 4.88. The molecule has 0 bridgehead atoms. The number of hydrogen-bond acceptors (Lipinski definition) is 4. The number of rotatable bonds is 4. The van der Waals surface area contributed by atoms with Gasteiger partial charge in [-0.05, 0) is 32.4 Å². The highest BCUT2D eigenvalue weighted by atomic mass is 127. The summed E-state index contributed by atoms with van der Waals surface area (Å²) < 4.78 is 33.1. The molecule has 2 aromatic rings. The SMILES string of the molecule is CN=C(NCc1c(C)noc1C)NC1CCN(c2c(F)cccc2F)C1.I. The van der Waals surface area contributed by atoms with Gasteiger partial charge in [0.15, 0.2) is 5.96 Å². The predicted octanol–water partition coefficient (Wildman–Crippen LogP) is 3.13. The number of aromatic nitrogens is 1. The van der Waals surface area contributed by atoms with E-state index in [2.05, 4.69) is 20.8 Å². The monoisotopic (exact) mass is 491 g/mol. The van der Waals surface area contributed by atoms with Gasteiger partial charge in [-0.15, -0.1) is 24.0 Å². The lowest BCUT2D eigenvalue weighted by Crippen LogP contribution is -2.44. The number of halogens is 3. The van der Waals surface area contributed by atoms with Crippen LogP contribution in [0.3, 0.4) is 0 Å². The molecule has 0 aliphatic carbocycles. The van der Waals surface area contributed by atoms with Crippen molar-refractivity contribution in [2.75, 3.05) is 25.0 Å². The molecule has 1 aromatic heterocycles. The number of nitrogens with one attached hydrogen (secondary N) is 2. The summed E-state index contributed by atoms with van der Waals surface area (Å²) in [6.07, 6.45) is 0.764. The maximum Gasteiger partial charge on any atom is 0.191 e. The van der Waals surface area contributed by atoms with Gasteiger partial charge in [0.1, 0.15) is 23.1 Å². The van der Waals surface area contributed by atoms with Crippen LogP contribution < -0.4 is 15.5 Å². The molecule has 6 nitrogen and oxygen atoms in total. The van der Waals surface area contributed by atoms with Crippen molar-refractivity contribution in [3.05, 3.63) is 46.9 Å². The van der Waals surface area contributed by atoms with Crippen molar-refractivity contribution in [3.8, 4) is 0 Å². The fourth-order valence-electron chi connectivity index (χ4n) is 3.19. The van der Waals surface area contributed by atoms with E-state index in [0.717, 1.165) is 23.4 Å². The predicted molar refractivity (Wildman–Crippen MR) is 112 cm³/mol. The van der Waals surface area contributed by atoms with Crippen LogP contribution in [0.2, 0.25) is 0 Å². The number of para-hydroxylation sites is 1. The van der Waals surface area contributed by atoms with Crippen molar-refractivity contribution in [1.82, 2.24) is 15.8 Å². The van der Waals surface area contributed by atoms with E-state index in [4.69, 9.17) is 4.52 Å². The third-order valence-corrected chi connectivity index (χ3v) is 4.62. The van der Waals surface area contributed by atoms with Crippen molar-refractivity contribution in [2.45, 2.75) is 32.9 Å². The Hall–Kier alpha value is -1.91. The Bertz CT molecular complexity index is 771. The topological polar surface area (TPSA) is 65.7 Å². The summed E-state index contributed by atoms with van der Waals surface area (Å²) in [5.41, 5.74) is 1.87. The molecular formula is C18H24F2IN5O. The summed E-state index contributed by atoms with van der Waals surface area (Å²) in [7, 11) is 1.69. The molecule has 148 valence electrons. The number of hydrogen-bond donors (Lipinski definition) is 2. The van der Waals surface area contributed by atoms with E-state index in [1.54, 1.807) is 11.9 Å². The second kappa shape index (κ2) is 9.34. The number of aryl methyl sites for hydroxylation is 2. The van der Waals surface area contributed by atoms with Crippen LogP contribution >= 0.6 is 24.0 Å². The number of benzene rings is 1. The molecular weight excluding hydrogens is 467 g/mol. The third-order valence-electron chi connectivity index (χ3n) is 4.62. The van der Waals surface area contributed by atoms with Gasteiger partial charge in [0.2, 0.25) is 0 Å². The highest BCUT2D eigenvalue weighted by molar-refractivity contribution is 14.0. The van der Waals surface area contributed by atoms with Gasteiger partial charge in [-0.3, -0.25) is 4.99 Å². The molecule has 1 aliphatic rings. The van der Waals surface area contributed by atoms with E-state index in [1.807, 2.05) is 13.8 Å². The highest BCUT2D eigenvalue weighted by Crippen LogP contribution is 2.26. The number of anilines is 1. The lowest BCUT2D eigenvalue weighted by atomic mass is 10.2. The molecule has 0 saturated carbocycles. The first kappa shape index (κ1) is 21.4. The average Bonchev–Trinajstić information content (AvgIpc) is 3.19. The fraction of sp³-hybridized carbons (Fsp3) is 0.444. The van der Waals surface area contributed by atoms with Crippen LogP contribution in [0.4, 0.5) is 14.5 Å². The van der Waals surface area contributed by atoms with E-state index < -0.39 is 11.6 Å². The molecule has 2 heterocycles. The fourth-order valence-corrected chi connectivity index (χ4v) is 3.19. The van der Waals surface area contributed by atoms with E-state index in [-0.39, 0.29) is 35.7 Å². The van der Waals surface area contributed by atoms with Gasteiger partial charge in [0.25, 0.3) is 0 Å². The minimum absolute atomic E-state index is 0. The van der Waals surface area contributed by atoms with Crippen LogP contribution in [0.25, 0.3) is 0 Å². The Morgan fingerprint density at radius 3 is 2.63 bits per heavy atom. The number of guanidine groups is 1. The number of aliphatic imine (C=N–C) groups is 1. The molecule has 1 fully saturated rings. The van der Waals surface area contributed by atoms with E-state index >= 15 is 0 Å². The van der Waals surface area contributed by atoms with Gasteiger partial charge in [-0.2, -0.15) is 0 Å². The maximum atomic E-state index is 14.0. The molecule has 1 unspecified atom stereocenters. The zero-order valence-corrected chi connectivity index (χ0v) is 17.9. The van der Waals surface area contributed by atoms with Crippen molar-refractivity contribution < 1.29 is 13.3 Å². The van der Waals surface area contributed by atoms with Gasteiger partial charge >= 0.3 is 0 Å². The molecule has 0 amide bonds. The molecule has 1 saturated heterocycles. The normalized spacial score (nSPS) is 17.0. The zero-order chi connectivity index (χ0) is 18.7. The maximum absolute atomic E-state index is 14.0. The Morgan fingerprint density at radius 2 is 2.04 bits per heavy atom. The minimum Gasteiger partial charge on any atom is -0.365 e. The molecule has 3 rings (SSSR count). The van der Waals surface area contributed by atoms with E-state index in [1.165, 1.54) is 18.2 Å². The van der Waals surface area contributed by atoms with Crippen molar-refractivity contribution in [2.24, 2.45) is 4.99 Å². The second-order valence-corrected chi connectivity index (χ2v) is 6.37. The van der Waals surface area contributed by atoms with Gasteiger partial charge in [0, 0.05) is 38.3 Å². The van der Waals surface area contributed by atoms with Crippen LogP contribution in [0.15, 0.2) is 27.7 Å². The smallest absolute Gasteiger partial charge is 0.191 e. The van der Waals surface area contributed by atoms with E-state index in [9.17, 15) is 8.78 Å². The van der Waals surface area contributed by atoms with Crippen molar-refractivity contribution >= 4 is 35.6 Å². The first-order chi connectivity index (χ1) is 12.5. The second-order valence-electron chi connectivity index (χ2n) is 6.37. The Kier molecular flexibility index (Phi) is 7.40. The van der Waals surface area contributed by atoms with Crippen LogP contribution in [-0.4, -0.2) is 37.3 Å². The summed E-state index contributed by atoms with van der Waals surface area (Å²) in [6, 6.07) is 3.98. The molecule has 2 N–H and O–H groups in total. The summed E-state index contributed by atoms with van der Waals surface area (Å²) in [5, 5.41) is 10.5. The van der Waals surface area contributed by atoms with Gasteiger partial charge in [-0.25, -0.2) is 8.78 Å². The molecule has 27 heavy (non-hydrogen) atoms. The zero-order valence-electron chi connectivity index (χ0n) is 15.6. The molecule has 0 spiro atoms. The first-order valence-corrected chi connectivity index (χ1v) is 8.57. The van der Waals surface area contributed by atoms with Gasteiger partial charge in [0.05, 0.1) is 5.69 Å². The molecule has 0 radical (unpaired) electrons. The van der Waals surface area contributed by atoms with Gasteiger partial charge in [-0.1, -0.05) is 11.2 Å². The van der Waals surface area contributed by atoms with Crippen molar-refractivity contribution in [1.29, 1.82) is 0 Å². The summed E-state index contributed by atoms with van der Waals surface area (Å²) >= 11 is 0. The average molecular weight is 491 g/mol. The summed E-state index contributed by atoms with van der Waals surface area (Å²) in [4.78, 5) is 5.95. The van der Waals surface area contributed by atoms with Crippen LogP contribution in [-0.2, 0) is 6.54 Å². The van der Waals surface area contributed by atoms with Crippen LogP contribution in [0, 0.1) is 25.5 Å². The lowest BCUT2D eigenvalue weighted by molar-refractivity contribution is 0.392. The van der Waals surface area contributed by atoms with Crippen LogP contribution in [0.1, 0.15) is 23.4 Å². The quantitative estimate of drug-likeness (QED) is 0.391. The number of nitrogens with zero attached hydrogens (tertiary/aromatic N) is 3. The largest absolute Gasteiger partial charge is 0.365 e. The van der Waals surface area contributed by atoms with Gasteiger partial charge < -0.3 is 20.1 Å². The summed E-state index contributed by atoms with van der Waals surface area (Å²) in [5.74, 6) is 0.330. The standard InChI is InChI=1S/C18H23F2N5O.HI/c1-11-14(12(2)26-24-11)9-22-18(21-3)23-13-7-8-25(10-13)17-15(19)5-4-6-16(17)20;/h4-6,13H,7-10H2,1-3H3,(H2,21,22,23);1H. The lowest BCUT2D eigenvalue weighted by Gasteiger charge is -2.21. The van der Waals surface area contributed by atoms with E-state index in [0.29, 0.717) is 25.6 Å². The van der Waals surface area contributed by atoms with Crippen LogP contribution in [0.5, 0.6) is 0 Å². The Morgan fingerprint density at radius 1 is 1.33 bits per heavy atom. The van der Waals surface area contributed by atoms with Crippen molar-refractivity contribution in [3.63, 3.8) is 0 Å². The molecule has 1 aliphatic heterocycles. The summed E-state index contributed by atoms with van der Waals surface area (Å²) in [6.45, 7) is 5.38. The Balaban J connectivity index is 0.00000261. The molecule has 1 atom stereocenters.